The Bertz CT molecular complexity index is 931. The number of nitrogens with zero attached hydrogens (tertiary/aromatic N) is 1. The fraction of sp³-hybridized carbons (Fsp3) is 0.320. The molecule has 0 aliphatic rings. The van der Waals surface area contributed by atoms with Crippen molar-refractivity contribution in [1.82, 2.24) is 10.2 Å². The van der Waals surface area contributed by atoms with Crippen LogP contribution in [0.5, 0.6) is 0 Å². The summed E-state index contributed by atoms with van der Waals surface area (Å²) in [6, 6.07) is 22.3. The molecule has 0 saturated carbocycles. The number of nitrogens with one attached hydrogen (secondary N) is 1. The van der Waals surface area contributed by atoms with Crippen molar-refractivity contribution in [3.8, 4) is 0 Å². The first-order valence-corrected chi connectivity index (χ1v) is 10.2. The van der Waals surface area contributed by atoms with Gasteiger partial charge in [0.25, 0.3) is 5.91 Å². The molecule has 0 spiro atoms. The second-order valence-electron chi connectivity index (χ2n) is 7.80. The lowest BCUT2D eigenvalue weighted by Gasteiger charge is -2.26. The quantitative estimate of drug-likeness (QED) is 0.553. The van der Waals surface area contributed by atoms with Crippen LogP contribution < -0.4 is 5.32 Å². The van der Waals surface area contributed by atoms with Crippen molar-refractivity contribution < 1.29 is 9.21 Å². The number of aryl methyl sites for hydroxylation is 1. The highest BCUT2D eigenvalue weighted by Crippen LogP contribution is 2.18. The Kier molecular flexibility index (Phi) is 6.89. The first kappa shape index (κ1) is 20.9. The van der Waals surface area contributed by atoms with E-state index < -0.39 is 0 Å². The SMILES string of the molecule is Cc1ccccc1CN(Cc1ccc(C(=O)N[C@H](C)c2ccccc2)o1)C(C)C. The van der Waals surface area contributed by atoms with Gasteiger partial charge in [0.1, 0.15) is 5.76 Å². The first-order chi connectivity index (χ1) is 13.9. The maximum absolute atomic E-state index is 12.6. The second kappa shape index (κ2) is 9.57. The zero-order valence-corrected chi connectivity index (χ0v) is 17.7. The summed E-state index contributed by atoms with van der Waals surface area (Å²) in [5.74, 6) is 0.954. The molecule has 0 unspecified atom stereocenters. The molecular formula is C25H30N2O2. The molecule has 1 heterocycles. The fourth-order valence-electron chi connectivity index (χ4n) is 3.31. The molecule has 1 aromatic heterocycles. The Hall–Kier alpha value is -2.85. The zero-order chi connectivity index (χ0) is 20.8. The van der Waals surface area contributed by atoms with Crippen LogP contribution in [0.25, 0.3) is 0 Å². The van der Waals surface area contributed by atoms with E-state index in [2.05, 4.69) is 55.3 Å². The molecule has 4 heteroatoms. The van der Waals surface area contributed by atoms with Crippen LogP contribution in [0.15, 0.2) is 71.1 Å². The molecule has 29 heavy (non-hydrogen) atoms. The largest absolute Gasteiger partial charge is 0.455 e. The number of furan rings is 1. The summed E-state index contributed by atoms with van der Waals surface area (Å²) in [7, 11) is 0. The number of carbonyl (C=O) groups is 1. The smallest absolute Gasteiger partial charge is 0.287 e. The number of carbonyl (C=O) groups excluding carboxylic acids is 1. The molecule has 0 aliphatic heterocycles. The number of hydrogen-bond donors (Lipinski definition) is 1. The van der Waals surface area contributed by atoms with Crippen molar-refractivity contribution in [3.05, 3.63) is 94.9 Å². The van der Waals surface area contributed by atoms with Crippen LogP contribution in [-0.4, -0.2) is 16.8 Å². The van der Waals surface area contributed by atoms with Gasteiger partial charge in [0.2, 0.25) is 0 Å². The highest BCUT2D eigenvalue weighted by Gasteiger charge is 2.18. The standard InChI is InChI=1S/C25H30N2O2/c1-18(2)27(16-22-13-9-8-10-19(22)3)17-23-14-15-24(29-23)25(28)26-20(4)21-11-6-5-7-12-21/h5-15,18,20H,16-17H2,1-4H3,(H,26,28)/t20-/m1/s1. The molecule has 0 fully saturated rings. The second-order valence-corrected chi connectivity index (χ2v) is 7.80. The Morgan fingerprint density at radius 2 is 1.62 bits per heavy atom. The monoisotopic (exact) mass is 390 g/mol. The van der Waals surface area contributed by atoms with E-state index in [9.17, 15) is 4.79 Å². The van der Waals surface area contributed by atoms with E-state index in [-0.39, 0.29) is 11.9 Å². The average molecular weight is 391 g/mol. The number of amides is 1. The molecule has 3 aromatic rings. The molecule has 4 nitrogen and oxygen atoms in total. The maximum atomic E-state index is 12.6. The van der Waals surface area contributed by atoms with Gasteiger partial charge in [-0.15, -0.1) is 0 Å². The van der Waals surface area contributed by atoms with Gasteiger partial charge in [0.05, 0.1) is 12.6 Å². The summed E-state index contributed by atoms with van der Waals surface area (Å²) in [6.45, 7) is 9.97. The van der Waals surface area contributed by atoms with Crippen LogP contribution in [0.1, 0.15) is 59.8 Å². The number of hydrogen-bond acceptors (Lipinski definition) is 3. The molecule has 0 saturated heterocycles. The van der Waals surface area contributed by atoms with Crippen LogP contribution in [0.2, 0.25) is 0 Å². The molecular weight excluding hydrogens is 360 g/mol. The third-order valence-corrected chi connectivity index (χ3v) is 5.26. The van der Waals surface area contributed by atoms with Gasteiger partial charge in [-0.2, -0.15) is 0 Å². The van der Waals surface area contributed by atoms with E-state index in [0.717, 1.165) is 17.9 Å². The van der Waals surface area contributed by atoms with E-state index in [0.29, 0.717) is 18.3 Å². The highest BCUT2D eigenvalue weighted by atomic mass is 16.4. The van der Waals surface area contributed by atoms with Crippen molar-refractivity contribution in [1.29, 1.82) is 0 Å². The van der Waals surface area contributed by atoms with Crippen LogP contribution in [0.4, 0.5) is 0 Å². The molecule has 1 N–H and O–H groups in total. The van der Waals surface area contributed by atoms with Gasteiger partial charge in [-0.05, 0) is 56.5 Å². The van der Waals surface area contributed by atoms with E-state index in [1.165, 1.54) is 11.1 Å². The van der Waals surface area contributed by atoms with Crippen LogP contribution in [0, 0.1) is 6.92 Å². The van der Waals surface area contributed by atoms with Crippen LogP contribution in [-0.2, 0) is 13.1 Å². The third kappa shape index (κ3) is 5.58. The van der Waals surface area contributed by atoms with Crippen molar-refractivity contribution in [2.45, 2.75) is 52.9 Å². The summed E-state index contributed by atoms with van der Waals surface area (Å²) < 4.78 is 5.88. The van der Waals surface area contributed by atoms with Gasteiger partial charge < -0.3 is 9.73 Å². The van der Waals surface area contributed by atoms with Crippen LogP contribution >= 0.6 is 0 Å². The molecule has 1 amide bonds. The van der Waals surface area contributed by atoms with Gasteiger partial charge >= 0.3 is 0 Å². The van der Waals surface area contributed by atoms with E-state index >= 15 is 0 Å². The Morgan fingerprint density at radius 3 is 2.31 bits per heavy atom. The topological polar surface area (TPSA) is 45.5 Å². The van der Waals surface area contributed by atoms with Gasteiger partial charge in [-0.1, -0.05) is 54.6 Å². The minimum absolute atomic E-state index is 0.0783. The lowest BCUT2D eigenvalue weighted by atomic mass is 10.1. The molecule has 1 atom stereocenters. The van der Waals surface area contributed by atoms with Gasteiger partial charge in [-0.25, -0.2) is 0 Å². The zero-order valence-electron chi connectivity index (χ0n) is 17.7. The molecule has 2 aromatic carbocycles. The predicted octanol–water partition coefficient (Wildman–Crippen LogP) is 5.49. The lowest BCUT2D eigenvalue weighted by Crippen LogP contribution is -2.30. The molecule has 3 rings (SSSR count). The minimum Gasteiger partial charge on any atom is -0.455 e. The van der Waals surface area contributed by atoms with Crippen molar-refractivity contribution >= 4 is 5.91 Å². The fourth-order valence-corrected chi connectivity index (χ4v) is 3.31. The van der Waals surface area contributed by atoms with Crippen molar-refractivity contribution in [3.63, 3.8) is 0 Å². The number of benzene rings is 2. The Morgan fingerprint density at radius 1 is 0.931 bits per heavy atom. The summed E-state index contributed by atoms with van der Waals surface area (Å²) in [5, 5.41) is 3.00. The first-order valence-electron chi connectivity index (χ1n) is 10.2. The van der Waals surface area contributed by atoms with E-state index in [1.807, 2.05) is 43.3 Å². The van der Waals surface area contributed by atoms with Crippen LogP contribution in [0.3, 0.4) is 0 Å². The molecule has 0 bridgehead atoms. The predicted molar refractivity (Wildman–Crippen MR) is 117 cm³/mol. The van der Waals surface area contributed by atoms with Crippen molar-refractivity contribution in [2.24, 2.45) is 0 Å². The van der Waals surface area contributed by atoms with Gasteiger partial charge in [0, 0.05) is 12.6 Å². The maximum Gasteiger partial charge on any atom is 0.287 e. The minimum atomic E-state index is -0.192. The Labute approximate surface area is 173 Å². The summed E-state index contributed by atoms with van der Waals surface area (Å²) in [4.78, 5) is 14.9. The summed E-state index contributed by atoms with van der Waals surface area (Å²) >= 11 is 0. The van der Waals surface area contributed by atoms with E-state index in [1.54, 1.807) is 6.07 Å². The average Bonchev–Trinajstić information content (AvgIpc) is 3.18. The lowest BCUT2D eigenvalue weighted by molar-refractivity contribution is 0.0906. The normalized spacial score (nSPS) is 12.3. The summed E-state index contributed by atoms with van der Waals surface area (Å²) in [6.07, 6.45) is 0. The third-order valence-electron chi connectivity index (χ3n) is 5.26. The molecule has 0 radical (unpaired) electrons. The Balaban J connectivity index is 1.65. The molecule has 0 aliphatic carbocycles. The summed E-state index contributed by atoms with van der Waals surface area (Å²) in [5.41, 5.74) is 3.66. The van der Waals surface area contributed by atoms with Gasteiger partial charge in [0.15, 0.2) is 5.76 Å². The van der Waals surface area contributed by atoms with E-state index in [4.69, 9.17) is 4.42 Å². The van der Waals surface area contributed by atoms with Crippen molar-refractivity contribution in [2.75, 3.05) is 0 Å². The number of rotatable bonds is 8. The van der Waals surface area contributed by atoms with Gasteiger partial charge in [-0.3, -0.25) is 9.69 Å². The molecule has 152 valence electrons. The highest BCUT2D eigenvalue weighted by molar-refractivity contribution is 5.91.